The Kier molecular flexibility index (Phi) is 3.74. The molecule has 3 N–H and O–H groups in total. The summed E-state index contributed by atoms with van der Waals surface area (Å²) < 4.78 is 0. The molecule has 4 heteroatoms. The molecule has 86 valence electrons. The van der Waals surface area contributed by atoms with Crippen LogP contribution in [-0.2, 0) is 0 Å². The van der Waals surface area contributed by atoms with Gasteiger partial charge in [-0.2, -0.15) is 11.8 Å². The molecule has 1 aromatic rings. The lowest BCUT2D eigenvalue weighted by molar-refractivity contribution is 0.229. The first-order valence-electron chi connectivity index (χ1n) is 5.28. The maximum Gasteiger partial charge on any atom is 0.133 e. The standard InChI is InChI=1S/C12H16N2OS/c1-16-8-11(15)14-10-6-2-4-9-5-3-7-13-12(9)10/h2-6,11,13-15H,7-8H2,1H3. The summed E-state index contributed by atoms with van der Waals surface area (Å²) in [5.41, 5.74) is 3.20. The van der Waals surface area contributed by atoms with Crippen LogP contribution >= 0.6 is 11.8 Å². The minimum atomic E-state index is -0.505. The maximum atomic E-state index is 9.73. The summed E-state index contributed by atoms with van der Waals surface area (Å²) in [5.74, 6) is 0.680. The fraction of sp³-hybridized carbons (Fsp3) is 0.333. The molecule has 0 bridgehead atoms. The second kappa shape index (κ2) is 5.27. The number of nitrogens with one attached hydrogen (secondary N) is 2. The van der Waals surface area contributed by atoms with Gasteiger partial charge in [-0.05, 0) is 17.9 Å². The minimum Gasteiger partial charge on any atom is -0.379 e. The van der Waals surface area contributed by atoms with Gasteiger partial charge in [0.05, 0.1) is 11.4 Å². The Morgan fingerprint density at radius 2 is 2.44 bits per heavy atom. The number of benzene rings is 1. The third-order valence-electron chi connectivity index (χ3n) is 2.44. The lowest BCUT2D eigenvalue weighted by atomic mass is 10.1. The summed E-state index contributed by atoms with van der Waals surface area (Å²) in [6.45, 7) is 0.838. The molecule has 1 aliphatic heterocycles. The van der Waals surface area contributed by atoms with Crippen molar-refractivity contribution in [3.63, 3.8) is 0 Å². The molecule has 1 heterocycles. The van der Waals surface area contributed by atoms with Crippen LogP contribution < -0.4 is 10.6 Å². The molecular weight excluding hydrogens is 220 g/mol. The molecule has 0 radical (unpaired) electrons. The zero-order chi connectivity index (χ0) is 11.4. The Labute approximate surface area is 99.9 Å². The Balaban J connectivity index is 2.18. The smallest absolute Gasteiger partial charge is 0.133 e. The summed E-state index contributed by atoms with van der Waals surface area (Å²) in [6, 6.07) is 6.03. The number of fused-ring (bicyclic) bond motifs is 1. The van der Waals surface area contributed by atoms with Gasteiger partial charge in [-0.3, -0.25) is 0 Å². The number of anilines is 2. The minimum absolute atomic E-state index is 0.505. The SMILES string of the molecule is CSCC(O)Nc1cccc2c1NCC=C2. The Morgan fingerprint density at radius 1 is 1.56 bits per heavy atom. The number of aliphatic hydroxyl groups is 1. The van der Waals surface area contributed by atoms with Gasteiger partial charge in [0.2, 0.25) is 0 Å². The second-order valence-corrected chi connectivity index (χ2v) is 4.58. The van der Waals surface area contributed by atoms with Gasteiger partial charge >= 0.3 is 0 Å². The first-order chi connectivity index (χ1) is 7.81. The van der Waals surface area contributed by atoms with Gasteiger partial charge in [-0.1, -0.05) is 24.3 Å². The van der Waals surface area contributed by atoms with Crippen molar-refractivity contribution in [1.82, 2.24) is 0 Å². The Bertz CT molecular complexity index is 393. The van der Waals surface area contributed by atoms with Gasteiger partial charge in [0.15, 0.2) is 0 Å². The van der Waals surface area contributed by atoms with Gasteiger partial charge in [0.1, 0.15) is 6.23 Å². The van der Waals surface area contributed by atoms with Crippen LogP contribution in [0.25, 0.3) is 6.08 Å². The van der Waals surface area contributed by atoms with Gasteiger partial charge < -0.3 is 15.7 Å². The Hall–Kier alpha value is -1.13. The van der Waals surface area contributed by atoms with Crippen LogP contribution in [0.5, 0.6) is 0 Å². The lowest BCUT2D eigenvalue weighted by Crippen LogP contribution is -2.22. The molecule has 3 nitrogen and oxygen atoms in total. The van der Waals surface area contributed by atoms with Crippen LogP contribution in [0.2, 0.25) is 0 Å². The molecule has 0 aliphatic carbocycles. The second-order valence-electron chi connectivity index (χ2n) is 3.67. The molecule has 2 rings (SSSR count). The number of para-hydroxylation sites is 1. The van der Waals surface area contributed by atoms with Gasteiger partial charge in [-0.15, -0.1) is 0 Å². The first-order valence-corrected chi connectivity index (χ1v) is 6.67. The predicted molar refractivity (Wildman–Crippen MR) is 72.0 cm³/mol. The van der Waals surface area contributed by atoms with E-state index in [0.29, 0.717) is 5.75 Å². The Morgan fingerprint density at radius 3 is 3.25 bits per heavy atom. The van der Waals surface area contributed by atoms with Crippen molar-refractivity contribution in [1.29, 1.82) is 0 Å². The fourth-order valence-corrected chi connectivity index (χ4v) is 2.15. The molecule has 0 saturated carbocycles. The van der Waals surface area contributed by atoms with Crippen molar-refractivity contribution in [2.75, 3.05) is 29.2 Å². The molecule has 16 heavy (non-hydrogen) atoms. The molecule has 1 unspecified atom stereocenters. The zero-order valence-corrected chi connectivity index (χ0v) is 10.1. The van der Waals surface area contributed by atoms with Crippen molar-refractivity contribution in [3.05, 3.63) is 29.8 Å². The molecule has 1 atom stereocenters. The molecule has 1 aliphatic rings. The maximum absolute atomic E-state index is 9.73. The quantitative estimate of drug-likeness (QED) is 0.701. The van der Waals surface area contributed by atoms with Crippen LogP contribution in [0.4, 0.5) is 11.4 Å². The van der Waals surface area contributed by atoms with E-state index in [2.05, 4.69) is 28.9 Å². The number of thioether (sulfide) groups is 1. The molecule has 0 amide bonds. The molecule has 0 saturated heterocycles. The predicted octanol–water partition coefficient (Wildman–Crippen LogP) is 2.22. The topological polar surface area (TPSA) is 44.3 Å². The summed E-state index contributed by atoms with van der Waals surface area (Å²) in [4.78, 5) is 0. The summed E-state index contributed by atoms with van der Waals surface area (Å²) in [6.07, 6.45) is 5.66. The van der Waals surface area contributed by atoms with Gasteiger partial charge in [0, 0.05) is 12.3 Å². The zero-order valence-electron chi connectivity index (χ0n) is 9.23. The number of aliphatic hydroxyl groups excluding tert-OH is 1. The third-order valence-corrected chi connectivity index (χ3v) is 3.09. The van der Waals surface area contributed by atoms with Crippen molar-refractivity contribution in [3.8, 4) is 0 Å². The van der Waals surface area contributed by atoms with E-state index in [0.717, 1.165) is 23.5 Å². The van der Waals surface area contributed by atoms with Crippen molar-refractivity contribution >= 4 is 29.2 Å². The normalized spacial score (nSPS) is 15.1. The summed E-state index contributed by atoms with van der Waals surface area (Å²) in [7, 11) is 0. The van der Waals surface area contributed by atoms with Crippen LogP contribution in [0.1, 0.15) is 5.56 Å². The summed E-state index contributed by atoms with van der Waals surface area (Å²) >= 11 is 1.62. The number of rotatable bonds is 4. The largest absolute Gasteiger partial charge is 0.379 e. The highest BCUT2D eigenvalue weighted by Crippen LogP contribution is 2.29. The molecule has 0 aromatic heterocycles. The molecular formula is C12H16N2OS. The third kappa shape index (κ3) is 2.51. The lowest BCUT2D eigenvalue weighted by Gasteiger charge is -2.20. The number of hydrogen-bond donors (Lipinski definition) is 3. The van der Waals surface area contributed by atoms with E-state index < -0.39 is 6.23 Å². The molecule has 0 fully saturated rings. The highest BCUT2D eigenvalue weighted by atomic mass is 32.2. The highest BCUT2D eigenvalue weighted by Gasteiger charge is 2.11. The first kappa shape index (κ1) is 11.4. The van der Waals surface area contributed by atoms with Crippen molar-refractivity contribution < 1.29 is 5.11 Å². The molecule has 0 spiro atoms. The van der Waals surface area contributed by atoms with Gasteiger partial charge in [-0.25, -0.2) is 0 Å². The van der Waals surface area contributed by atoms with E-state index in [1.165, 1.54) is 0 Å². The van der Waals surface area contributed by atoms with E-state index in [1.54, 1.807) is 11.8 Å². The van der Waals surface area contributed by atoms with Crippen LogP contribution in [0.3, 0.4) is 0 Å². The monoisotopic (exact) mass is 236 g/mol. The average molecular weight is 236 g/mol. The van der Waals surface area contributed by atoms with Crippen molar-refractivity contribution in [2.45, 2.75) is 6.23 Å². The van der Waals surface area contributed by atoms with E-state index in [9.17, 15) is 5.11 Å². The van der Waals surface area contributed by atoms with E-state index >= 15 is 0 Å². The van der Waals surface area contributed by atoms with Crippen molar-refractivity contribution in [2.24, 2.45) is 0 Å². The van der Waals surface area contributed by atoms with E-state index in [4.69, 9.17) is 0 Å². The fourth-order valence-electron chi connectivity index (χ4n) is 1.75. The van der Waals surface area contributed by atoms with E-state index in [-0.39, 0.29) is 0 Å². The van der Waals surface area contributed by atoms with Crippen LogP contribution in [-0.4, -0.2) is 29.9 Å². The average Bonchev–Trinajstić information content (AvgIpc) is 2.30. The molecule has 1 aromatic carbocycles. The summed E-state index contributed by atoms with van der Waals surface area (Å²) in [5, 5.41) is 16.1. The highest BCUT2D eigenvalue weighted by molar-refractivity contribution is 7.98. The van der Waals surface area contributed by atoms with Crippen LogP contribution in [0.15, 0.2) is 24.3 Å². The van der Waals surface area contributed by atoms with Gasteiger partial charge in [0.25, 0.3) is 0 Å². The van der Waals surface area contributed by atoms with E-state index in [1.807, 2.05) is 18.4 Å². The van der Waals surface area contributed by atoms with Crippen LogP contribution in [0, 0.1) is 0 Å². The number of hydrogen-bond acceptors (Lipinski definition) is 4.